The van der Waals surface area contributed by atoms with Crippen LogP contribution in [-0.4, -0.2) is 43.1 Å². The molecule has 0 radical (unpaired) electrons. The van der Waals surface area contributed by atoms with E-state index >= 15 is 0 Å². The van der Waals surface area contributed by atoms with Gasteiger partial charge in [-0.2, -0.15) is 0 Å². The van der Waals surface area contributed by atoms with Gasteiger partial charge in [0.15, 0.2) is 0 Å². The third-order valence-electron chi connectivity index (χ3n) is 3.41. The molecule has 1 aromatic rings. The molecule has 1 amide bonds. The van der Waals surface area contributed by atoms with E-state index in [2.05, 4.69) is 5.32 Å². The number of rotatable bonds is 0. The number of carbonyl (C=O) groups excluding carboxylic acids is 1. The molecule has 17 heavy (non-hydrogen) atoms. The molecular weight excluding hydrogens is 216 g/mol. The molecule has 90 valence electrons. The normalized spacial score (nSPS) is 23.5. The van der Waals surface area contributed by atoms with E-state index in [1.54, 1.807) is 0 Å². The van der Waals surface area contributed by atoms with E-state index in [4.69, 9.17) is 4.74 Å². The Morgan fingerprint density at radius 1 is 1.47 bits per heavy atom. The van der Waals surface area contributed by atoms with Crippen molar-refractivity contribution >= 4 is 5.91 Å². The van der Waals surface area contributed by atoms with Gasteiger partial charge in [0.25, 0.3) is 5.91 Å². The van der Waals surface area contributed by atoms with Gasteiger partial charge in [0.1, 0.15) is 12.4 Å². The molecular formula is C13H16N2O2. The van der Waals surface area contributed by atoms with Crippen molar-refractivity contribution < 1.29 is 9.53 Å². The van der Waals surface area contributed by atoms with Crippen molar-refractivity contribution in [2.24, 2.45) is 0 Å². The number of benzene rings is 1. The van der Waals surface area contributed by atoms with Gasteiger partial charge < -0.3 is 15.0 Å². The van der Waals surface area contributed by atoms with Crippen LogP contribution < -0.4 is 10.1 Å². The van der Waals surface area contributed by atoms with Crippen LogP contribution in [0.2, 0.25) is 0 Å². The van der Waals surface area contributed by atoms with Gasteiger partial charge in [0.05, 0.1) is 11.6 Å². The Morgan fingerprint density at radius 3 is 3.24 bits per heavy atom. The van der Waals surface area contributed by atoms with Gasteiger partial charge in [-0.25, -0.2) is 0 Å². The fourth-order valence-electron chi connectivity index (χ4n) is 2.45. The number of piperazine rings is 1. The molecule has 3 rings (SSSR count). The van der Waals surface area contributed by atoms with Crippen LogP contribution in [0.3, 0.4) is 0 Å². The molecule has 1 saturated heterocycles. The number of fused-ring (bicyclic) bond motifs is 2. The number of hydrogen-bond acceptors (Lipinski definition) is 3. The van der Waals surface area contributed by atoms with E-state index < -0.39 is 0 Å². The molecule has 1 fully saturated rings. The van der Waals surface area contributed by atoms with Crippen LogP contribution in [0.5, 0.6) is 5.75 Å². The summed E-state index contributed by atoms with van der Waals surface area (Å²) >= 11 is 0. The summed E-state index contributed by atoms with van der Waals surface area (Å²) < 4.78 is 5.74. The van der Waals surface area contributed by atoms with Gasteiger partial charge in [0, 0.05) is 19.6 Å². The van der Waals surface area contributed by atoms with Crippen LogP contribution in [0.4, 0.5) is 0 Å². The van der Waals surface area contributed by atoms with E-state index in [1.165, 1.54) is 0 Å². The largest absolute Gasteiger partial charge is 0.491 e. The van der Waals surface area contributed by atoms with Crippen molar-refractivity contribution in [3.05, 3.63) is 29.3 Å². The number of aryl methyl sites for hydroxylation is 1. The second kappa shape index (κ2) is 4.04. The fraction of sp³-hybridized carbons (Fsp3) is 0.462. The topological polar surface area (TPSA) is 41.6 Å². The first-order valence-electron chi connectivity index (χ1n) is 6.01. The molecule has 2 aliphatic rings. The highest BCUT2D eigenvalue weighted by atomic mass is 16.5. The van der Waals surface area contributed by atoms with E-state index in [9.17, 15) is 4.79 Å². The molecule has 0 bridgehead atoms. The maximum absolute atomic E-state index is 12.4. The minimum absolute atomic E-state index is 0.104. The molecule has 4 heteroatoms. The Hall–Kier alpha value is -1.55. The maximum Gasteiger partial charge on any atom is 0.258 e. The lowest BCUT2D eigenvalue weighted by molar-refractivity contribution is 0.0606. The lowest BCUT2D eigenvalue weighted by Gasteiger charge is -2.33. The van der Waals surface area contributed by atoms with Crippen LogP contribution in [-0.2, 0) is 0 Å². The first-order valence-corrected chi connectivity index (χ1v) is 6.01. The summed E-state index contributed by atoms with van der Waals surface area (Å²) in [5.74, 6) is 0.822. The van der Waals surface area contributed by atoms with Crippen molar-refractivity contribution in [2.45, 2.75) is 13.0 Å². The molecule has 0 spiro atoms. The van der Waals surface area contributed by atoms with Gasteiger partial charge in [-0.05, 0) is 19.1 Å². The third kappa shape index (κ3) is 1.78. The quantitative estimate of drug-likeness (QED) is 0.719. The lowest BCUT2D eigenvalue weighted by Crippen LogP contribution is -2.54. The Labute approximate surface area is 101 Å². The Bertz CT molecular complexity index is 459. The summed E-state index contributed by atoms with van der Waals surface area (Å²) in [6.45, 7) is 5.02. The van der Waals surface area contributed by atoms with Crippen molar-refractivity contribution in [3.63, 3.8) is 0 Å². The van der Waals surface area contributed by atoms with Crippen LogP contribution in [0.15, 0.2) is 18.2 Å². The summed E-state index contributed by atoms with van der Waals surface area (Å²) in [7, 11) is 0. The molecule has 1 aromatic carbocycles. The monoisotopic (exact) mass is 232 g/mol. The molecule has 0 aliphatic carbocycles. The SMILES string of the molecule is Cc1ccc2c(c1)C(=O)N1CCNCC1CO2. The molecule has 1 atom stereocenters. The second-order valence-electron chi connectivity index (χ2n) is 4.67. The zero-order chi connectivity index (χ0) is 11.8. The van der Waals surface area contributed by atoms with Crippen molar-refractivity contribution in [1.82, 2.24) is 10.2 Å². The highest BCUT2D eigenvalue weighted by molar-refractivity contribution is 5.97. The van der Waals surface area contributed by atoms with Gasteiger partial charge in [0.2, 0.25) is 0 Å². The first-order chi connectivity index (χ1) is 8.25. The molecule has 1 unspecified atom stereocenters. The predicted octanol–water partition coefficient (Wildman–Crippen LogP) is 0.801. The Kier molecular flexibility index (Phi) is 2.52. The van der Waals surface area contributed by atoms with Crippen LogP contribution in [0.1, 0.15) is 15.9 Å². The number of nitrogens with one attached hydrogen (secondary N) is 1. The first kappa shape index (κ1) is 10.6. The lowest BCUT2D eigenvalue weighted by atomic mass is 10.1. The molecule has 0 aromatic heterocycles. The summed E-state index contributed by atoms with van der Waals surface area (Å²) in [6, 6.07) is 5.95. The number of hydrogen-bond donors (Lipinski definition) is 1. The summed E-state index contributed by atoms with van der Waals surface area (Å²) in [5, 5.41) is 3.30. The molecule has 2 aliphatic heterocycles. The Morgan fingerprint density at radius 2 is 2.35 bits per heavy atom. The number of amides is 1. The molecule has 1 N–H and O–H groups in total. The number of nitrogens with zero attached hydrogens (tertiary/aromatic N) is 1. The average Bonchev–Trinajstić information content (AvgIpc) is 2.49. The number of ether oxygens (including phenoxy) is 1. The standard InChI is InChI=1S/C13H16N2O2/c1-9-2-3-12-11(6-9)13(16)15-5-4-14-7-10(15)8-17-12/h2-3,6,10,14H,4-5,7-8H2,1H3. The van der Waals surface area contributed by atoms with Crippen LogP contribution >= 0.6 is 0 Å². The fourth-order valence-corrected chi connectivity index (χ4v) is 2.45. The Balaban J connectivity index is 2.01. The van der Waals surface area contributed by atoms with Crippen molar-refractivity contribution in [1.29, 1.82) is 0 Å². The van der Waals surface area contributed by atoms with Gasteiger partial charge in [-0.3, -0.25) is 4.79 Å². The minimum Gasteiger partial charge on any atom is -0.491 e. The van der Waals surface area contributed by atoms with E-state index in [0.29, 0.717) is 12.2 Å². The molecule has 4 nitrogen and oxygen atoms in total. The summed E-state index contributed by atoms with van der Waals surface area (Å²) in [6.07, 6.45) is 0. The maximum atomic E-state index is 12.4. The van der Waals surface area contributed by atoms with Crippen molar-refractivity contribution in [3.8, 4) is 5.75 Å². The summed E-state index contributed by atoms with van der Waals surface area (Å²) in [4.78, 5) is 14.4. The highest BCUT2D eigenvalue weighted by Crippen LogP contribution is 2.26. The predicted molar refractivity (Wildman–Crippen MR) is 64.4 cm³/mol. The second-order valence-corrected chi connectivity index (χ2v) is 4.67. The van der Waals surface area contributed by atoms with Gasteiger partial charge in [-0.1, -0.05) is 11.6 Å². The third-order valence-corrected chi connectivity index (χ3v) is 3.41. The smallest absolute Gasteiger partial charge is 0.258 e. The van der Waals surface area contributed by atoms with E-state index in [0.717, 1.165) is 30.9 Å². The van der Waals surface area contributed by atoms with Gasteiger partial charge in [-0.15, -0.1) is 0 Å². The van der Waals surface area contributed by atoms with E-state index in [-0.39, 0.29) is 11.9 Å². The number of carbonyl (C=O) groups is 1. The van der Waals surface area contributed by atoms with E-state index in [1.807, 2.05) is 30.0 Å². The van der Waals surface area contributed by atoms with Crippen LogP contribution in [0, 0.1) is 6.92 Å². The minimum atomic E-state index is 0.104. The summed E-state index contributed by atoms with van der Waals surface area (Å²) in [5.41, 5.74) is 1.80. The molecule has 0 saturated carbocycles. The molecule has 2 heterocycles. The highest BCUT2D eigenvalue weighted by Gasteiger charge is 2.32. The zero-order valence-electron chi connectivity index (χ0n) is 9.90. The van der Waals surface area contributed by atoms with Gasteiger partial charge >= 0.3 is 0 Å². The van der Waals surface area contributed by atoms with Crippen molar-refractivity contribution in [2.75, 3.05) is 26.2 Å². The zero-order valence-corrected chi connectivity index (χ0v) is 9.90. The van der Waals surface area contributed by atoms with Crippen LogP contribution in [0.25, 0.3) is 0 Å². The average molecular weight is 232 g/mol.